The topological polar surface area (TPSA) is 386 Å². The third-order valence-electron chi connectivity index (χ3n) is 20.4. The van der Waals surface area contributed by atoms with Crippen molar-refractivity contribution >= 4 is 121 Å². The van der Waals surface area contributed by atoms with E-state index in [2.05, 4.69) is 169 Å². The first-order valence-corrected chi connectivity index (χ1v) is 49.1. The van der Waals surface area contributed by atoms with Crippen molar-refractivity contribution in [2.75, 3.05) is 37.6 Å². The monoisotopic (exact) mass is 1930 g/mol. The van der Waals surface area contributed by atoms with Crippen molar-refractivity contribution in [1.82, 2.24) is 81.1 Å². The number of carbonyl (C=O) groups is 2. The summed E-state index contributed by atoms with van der Waals surface area (Å²) in [6, 6.07) is 46.9. The first-order valence-electron chi connectivity index (χ1n) is 45.4. The molecule has 3 fully saturated rings. The third kappa shape index (κ3) is 34.3. The molecular weight excluding hydrogens is 1820 g/mol. The van der Waals surface area contributed by atoms with E-state index >= 15 is 0 Å². The molecule has 16 aromatic heterocycles. The smallest absolute Gasteiger partial charge is 0.850 e. The summed E-state index contributed by atoms with van der Waals surface area (Å²) in [4.78, 5) is 81.3. The largest absolute Gasteiger partial charge is 1.00 e. The van der Waals surface area contributed by atoms with Crippen molar-refractivity contribution in [3.63, 3.8) is 0 Å². The van der Waals surface area contributed by atoms with Gasteiger partial charge in [-0.3, -0.25) is 59.4 Å². The van der Waals surface area contributed by atoms with E-state index in [4.69, 9.17) is 48.1 Å². The van der Waals surface area contributed by atoms with Crippen molar-refractivity contribution in [3.8, 4) is 82.5 Å². The molecule has 3 aliphatic carbocycles. The molecule has 0 atom stereocenters. The van der Waals surface area contributed by atoms with E-state index in [-0.39, 0.29) is 68.7 Å². The van der Waals surface area contributed by atoms with Gasteiger partial charge in [0.2, 0.25) is 0 Å². The molecule has 0 aromatic carbocycles. The molecule has 11 N–H and O–H groups in total. The first kappa shape index (κ1) is 103. The van der Waals surface area contributed by atoms with E-state index in [9.17, 15) is 14.7 Å². The Morgan fingerprint density at radius 3 is 0.970 bits per heavy atom. The van der Waals surface area contributed by atoms with Gasteiger partial charge in [-0.05, 0) is 228 Å². The molecule has 0 unspecified atom stereocenters. The molecule has 0 saturated heterocycles. The van der Waals surface area contributed by atoms with Gasteiger partial charge < -0.3 is 62.9 Å². The number of fused-ring (bicyclic) bond motifs is 4. The molecule has 135 heavy (non-hydrogen) atoms. The number of pyridine rings is 12. The third-order valence-corrected chi connectivity index (χ3v) is 25.5. The number of nitrogens with zero attached hydrogens (tertiary/aromatic N) is 12. The zero-order chi connectivity index (χ0) is 94.1. The molecule has 0 radical (unpaired) electrons. The molecule has 16 heterocycles. The van der Waals surface area contributed by atoms with Crippen molar-refractivity contribution in [2.24, 2.45) is 17.6 Å². The summed E-state index contributed by atoms with van der Waals surface area (Å²) >= 11 is 12.7. The minimum absolute atomic E-state index is 0. The van der Waals surface area contributed by atoms with Crippen LogP contribution in [0.2, 0.25) is 5.02 Å². The number of hydrogen-bond acceptors (Lipinski definition) is 30. The normalized spacial score (nSPS) is 12.5. The van der Waals surface area contributed by atoms with Crippen LogP contribution in [-0.4, -0.2) is 114 Å². The molecule has 32 heteroatoms. The predicted octanol–water partition coefficient (Wildman–Crippen LogP) is 18.7. The Morgan fingerprint density at radius 2 is 0.711 bits per heavy atom. The number of nitrogen functional groups attached to an aromatic ring is 2. The van der Waals surface area contributed by atoms with Crippen LogP contribution in [0.1, 0.15) is 159 Å². The molecule has 696 valence electrons. The van der Waals surface area contributed by atoms with Crippen LogP contribution < -0.4 is 109 Å². The Morgan fingerprint density at radius 1 is 0.407 bits per heavy atom. The van der Waals surface area contributed by atoms with E-state index in [1.54, 1.807) is 122 Å². The number of ether oxygens (including phenoxy) is 3. The summed E-state index contributed by atoms with van der Waals surface area (Å²) in [5, 5.41) is 33.1. The number of Topliss-reactive ketones (excluding diaryl/α,β-unsaturated/α-hetero) is 2. The van der Waals surface area contributed by atoms with Crippen LogP contribution in [0.25, 0.3) is 83.2 Å². The van der Waals surface area contributed by atoms with Crippen molar-refractivity contribution in [2.45, 2.75) is 176 Å². The summed E-state index contributed by atoms with van der Waals surface area (Å²) in [5.74, 6) is 6.91. The van der Waals surface area contributed by atoms with Crippen LogP contribution in [0.5, 0.6) is 40.2 Å². The maximum Gasteiger partial charge on any atom is 1.00 e. The standard InChI is InChI=1S/2C27H28N4O2S.C21H21N5OS.C16H16ClN3S.C5H6N2O.C4H9O.C3H7N.K/c2*1-2-10-28-15-19-5-8-23(31-16-19)26-14-24-27(34-26)25(9-11-29-24)33-22-7-6-20(30-17-22)13-21(32)12-18-3-4-18;1-2-8-23-11-14-3-5-16(25-12-14)19-10-17-21(28-19)18(7-9-24-17)27-15-4-6-20(22)26-13-15;1-2-6-18-9-11-3-4-13(20-10-11)15-8-14-16(21-15)12(17)5-7-19-14;6-5-2-1-4(8)3-7-5;1-4(2,3)5;4-3-1-2-3;/h2*5-9,11,14,16-18,28H,2-4,10,12-13,15H2,1H3;3-7,9-10,12-13,23H,2,8,11H2,1H3,(H2,22,26);3-5,7-8,10,18H,2,6,9H2,1H3;1-3,8H,(H2,6,7);1-3H3;3H,1-2,4H2;/q;;;;;-1;;+1. The number of anilines is 2. The summed E-state index contributed by atoms with van der Waals surface area (Å²) < 4.78 is 22.2. The summed E-state index contributed by atoms with van der Waals surface area (Å²) in [6.45, 7) is 20.9. The number of aromatic nitrogens is 12. The van der Waals surface area contributed by atoms with Gasteiger partial charge in [-0.25, -0.2) is 9.97 Å². The van der Waals surface area contributed by atoms with E-state index in [0.717, 1.165) is 195 Å². The van der Waals surface area contributed by atoms with Crippen LogP contribution in [-0.2, 0) is 48.6 Å². The van der Waals surface area contributed by atoms with Gasteiger partial charge in [0.05, 0.1) is 113 Å². The first-order chi connectivity index (χ1) is 65.0. The molecule has 3 saturated carbocycles. The average Bonchev–Trinajstić information content (AvgIpc) is 1.66. The van der Waals surface area contributed by atoms with E-state index < -0.39 is 5.60 Å². The zero-order valence-corrected chi connectivity index (χ0v) is 84.7. The summed E-state index contributed by atoms with van der Waals surface area (Å²) in [7, 11) is 0. The number of aromatic hydroxyl groups is 1. The second kappa shape index (κ2) is 52.7. The molecule has 16 aromatic rings. The number of nitrogens with two attached hydrogens (primary N) is 3. The van der Waals surface area contributed by atoms with Gasteiger partial charge >= 0.3 is 51.4 Å². The number of hydrogen-bond donors (Lipinski definition) is 8. The van der Waals surface area contributed by atoms with Gasteiger partial charge in [0.1, 0.15) is 63.4 Å². The van der Waals surface area contributed by atoms with Crippen molar-refractivity contribution in [3.05, 3.63) is 259 Å². The predicted molar refractivity (Wildman–Crippen MR) is 541 cm³/mol. The van der Waals surface area contributed by atoms with E-state index in [1.165, 1.54) is 79.1 Å². The van der Waals surface area contributed by atoms with Gasteiger partial charge in [0.15, 0.2) is 0 Å². The molecule has 3 aliphatic rings. The fourth-order valence-corrected chi connectivity index (χ4v) is 17.4. The minimum Gasteiger partial charge on any atom is -0.850 e. The van der Waals surface area contributed by atoms with Gasteiger partial charge in [0.25, 0.3) is 0 Å². The Kier molecular flexibility index (Phi) is 40.4. The zero-order valence-electron chi connectivity index (χ0n) is 77.6. The maximum absolute atomic E-state index is 12.1. The van der Waals surface area contributed by atoms with Gasteiger partial charge in [-0.1, -0.05) is 84.3 Å². The van der Waals surface area contributed by atoms with E-state index in [0.29, 0.717) is 72.4 Å². The van der Waals surface area contributed by atoms with Crippen LogP contribution in [0.15, 0.2) is 220 Å². The number of ketones is 2. The Bertz CT molecular complexity index is 6140. The molecule has 26 nitrogen and oxygen atoms in total. The molecule has 0 amide bonds. The Labute approximate surface area is 851 Å². The van der Waals surface area contributed by atoms with Crippen LogP contribution in [0, 0.1) is 11.8 Å². The molecule has 0 bridgehead atoms. The van der Waals surface area contributed by atoms with E-state index in [1.807, 2.05) is 85.5 Å². The van der Waals surface area contributed by atoms with Crippen molar-refractivity contribution in [1.29, 1.82) is 0 Å². The number of halogens is 1. The van der Waals surface area contributed by atoms with Crippen LogP contribution in [0.4, 0.5) is 11.6 Å². The second-order valence-electron chi connectivity index (χ2n) is 33.7. The second-order valence-corrected chi connectivity index (χ2v) is 38.4. The quantitative estimate of drug-likeness (QED) is 0.0137. The van der Waals surface area contributed by atoms with Crippen molar-refractivity contribution < 1.29 is 85.4 Å². The minimum atomic E-state index is -0.750. The average molecular weight is 1930 g/mol. The Balaban J connectivity index is 0.000000154. The molecule has 0 spiro atoms. The number of thiophene rings is 4. The van der Waals surface area contributed by atoms with Gasteiger partial charge in [-0.15, -0.1) is 50.9 Å². The molecular formula is C103H115ClKN19O7S4. The van der Waals surface area contributed by atoms with Gasteiger partial charge in [-0.2, -0.15) is 0 Å². The maximum atomic E-state index is 12.1. The summed E-state index contributed by atoms with van der Waals surface area (Å²) in [6.07, 6.45) is 34.9. The fourth-order valence-electron chi connectivity index (χ4n) is 13.0. The molecule has 0 aliphatic heterocycles. The Hall–Kier alpha value is -10.5. The summed E-state index contributed by atoms with van der Waals surface area (Å²) in [5.41, 5.74) is 28.9. The molecule has 19 rings (SSSR count). The van der Waals surface area contributed by atoms with Gasteiger partial charge in [0, 0.05) is 137 Å². The number of carbonyl (C=O) groups excluding carboxylic acids is 2. The van der Waals surface area contributed by atoms with Crippen LogP contribution in [0.3, 0.4) is 0 Å². The number of rotatable bonds is 34. The number of nitrogens with one attached hydrogen (secondary N) is 4. The fraction of sp³-hybridized carbons (Fsp3) is 0.320. The van der Waals surface area contributed by atoms with Crippen LogP contribution >= 0.6 is 56.9 Å². The SMILES string of the molecule is CC(C)(C)[O-].CCCNCc1ccc(-c2cc3nccc(Cl)c3s2)nc1.CCCNCc1ccc(-c2cc3nccc(Oc4ccc(CC(=O)CC5CC5)nc4)c3s2)nc1.CCCNCc1ccc(-c2cc3nccc(Oc4ccc(CC(=O)CC5CC5)nc4)c3s2)nc1.CCCNCc1ccc(-c2cc3nccc(Oc4ccc(N)nc4)c3s2)nc1.NC1CC1.Nc1ccc(O)cn1.[K+].